The molecule has 0 radical (unpaired) electrons. The topological polar surface area (TPSA) is 54.5 Å². The lowest BCUT2D eigenvalue weighted by molar-refractivity contribution is -0.124. The molecule has 1 saturated heterocycles. The van der Waals surface area contributed by atoms with E-state index in [0.717, 1.165) is 12.0 Å². The summed E-state index contributed by atoms with van der Waals surface area (Å²) in [4.78, 5) is 13.4. The van der Waals surface area contributed by atoms with E-state index >= 15 is 0 Å². The molecule has 1 aromatic rings. The van der Waals surface area contributed by atoms with Gasteiger partial charge < -0.3 is 0 Å². The molecule has 2 rings (SSSR count). The van der Waals surface area contributed by atoms with Gasteiger partial charge in [-0.3, -0.25) is 4.79 Å². The molecule has 4 nitrogen and oxygen atoms in total. The Kier molecular flexibility index (Phi) is 5.30. The number of carbonyl (C=O) groups excluding carboxylic acids is 1. The van der Waals surface area contributed by atoms with Gasteiger partial charge in [0.05, 0.1) is 19.0 Å². The van der Waals surface area contributed by atoms with Crippen LogP contribution in [0, 0.1) is 12.8 Å². The van der Waals surface area contributed by atoms with Gasteiger partial charge in [-0.05, 0) is 31.4 Å². The highest BCUT2D eigenvalue weighted by Gasteiger charge is 2.55. The number of carbonyl (C=O) groups is 1. The van der Waals surface area contributed by atoms with Crippen molar-refractivity contribution in [1.82, 2.24) is 4.31 Å². The number of nitrogens with zero attached hydrogens (tertiary/aromatic N) is 1. The van der Waals surface area contributed by atoms with Crippen LogP contribution in [0.2, 0.25) is 25.2 Å². The van der Waals surface area contributed by atoms with Gasteiger partial charge in [0, 0.05) is 5.54 Å². The Balaban J connectivity index is 2.55. The van der Waals surface area contributed by atoms with Crippen molar-refractivity contribution in [3.63, 3.8) is 0 Å². The highest BCUT2D eigenvalue weighted by atomic mass is 32.2. The predicted molar refractivity (Wildman–Crippen MR) is 100 cm³/mol. The number of rotatable bonds is 5. The van der Waals surface area contributed by atoms with Crippen LogP contribution >= 0.6 is 0 Å². The third kappa shape index (κ3) is 3.18. The lowest BCUT2D eigenvalue weighted by Gasteiger charge is -2.29. The van der Waals surface area contributed by atoms with Crippen LogP contribution in [0.15, 0.2) is 29.2 Å². The predicted octanol–water partition coefficient (Wildman–Crippen LogP) is 4.04. The molecule has 1 heterocycles. The number of amides is 1. The zero-order valence-electron chi connectivity index (χ0n) is 15.5. The molecule has 1 aliphatic heterocycles. The van der Waals surface area contributed by atoms with Gasteiger partial charge in [-0.1, -0.05) is 57.6 Å². The van der Waals surface area contributed by atoms with Crippen LogP contribution in [0.25, 0.3) is 0 Å². The third-order valence-corrected chi connectivity index (χ3v) is 9.48. The minimum Gasteiger partial charge on any atom is -0.274 e. The summed E-state index contributed by atoms with van der Waals surface area (Å²) in [6, 6.07) is 6.54. The highest BCUT2D eigenvalue weighted by Crippen LogP contribution is 2.46. The van der Waals surface area contributed by atoms with Crippen molar-refractivity contribution in [1.29, 1.82) is 0 Å². The minimum atomic E-state index is -3.80. The van der Waals surface area contributed by atoms with Gasteiger partial charge in [-0.2, -0.15) is 0 Å². The summed E-state index contributed by atoms with van der Waals surface area (Å²) in [6.07, 6.45) is 1.50. The van der Waals surface area contributed by atoms with Crippen LogP contribution in [-0.2, 0) is 14.8 Å². The van der Waals surface area contributed by atoms with Crippen LogP contribution in [0.1, 0.15) is 32.3 Å². The van der Waals surface area contributed by atoms with Gasteiger partial charge in [0.1, 0.15) is 0 Å². The van der Waals surface area contributed by atoms with E-state index in [4.69, 9.17) is 0 Å². The third-order valence-electron chi connectivity index (χ3n) is 5.11. The van der Waals surface area contributed by atoms with E-state index in [1.54, 1.807) is 24.3 Å². The van der Waals surface area contributed by atoms with Crippen molar-refractivity contribution in [2.24, 2.45) is 5.92 Å². The molecule has 0 N–H and O–H groups in total. The molecular weight excluding hydrogens is 338 g/mol. The lowest BCUT2D eigenvalue weighted by atomic mass is 9.95. The fraction of sp³-hybridized carbons (Fsp3) is 0.611. The summed E-state index contributed by atoms with van der Waals surface area (Å²) in [5.74, 6) is -0.0668. The van der Waals surface area contributed by atoms with Gasteiger partial charge in [0.2, 0.25) is 5.91 Å². The Morgan fingerprint density at radius 1 is 1.04 bits per heavy atom. The number of hydrogen-bond donors (Lipinski definition) is 0. The fourth-order valence-electron chi connectivity index (χ4n) is 3.99. The monoisotopic (exact) mass is 367 g/mol. The van der Waals surface area contributed by atoms with Crippen molar-refractivity contribution >= 4 is 24.0 Å². The minimum absolute atomic E-state index is 0.120. The summed E-state index contributed by atoms with van der Waals surface area (Å²) >= 11 is 0. The van der Waals surface area contributed by atoms with Crippen LogP contribution in [0.5, 0.6) is 0 Å². The summed E-state index contributed by atoms with van der Waals surface area (Å²) in [5, 5.41) is 0. The zero-order valence-corrected chi connectivity index (χ0v) is 17.4. The van der Waals surface area contributed by atoms with Gasteiger partial charge >= 0.3 is 0 Å². The summed E-state index contributed by atoms with van der Waals surface area (Å²) < 4.78 is 27.6. The standard InChI is InChI=1S/C18H29NO3SSi/c1-7-15-16(8-2)19(18(20)17(15)24(4,5)6)23(21,22)14-11-9-13(3)10-12-14/h9-12,15-17H,7-8H2,1-6H3/t15-,16+,17?/m0/s1. The Morgan fingerprint density at radius 3 is 2.00 bits per heavy atom. The van der Waals surface area contributed by atoms with E-state index in [9.17, 15) is 13.2 Å². The van der Waals surface area contributed by atoms with E-state index in [1.807, 2.05) is 13.8 Å². The molecule has 24 heavy (non-hydrogen) atoms. The molecular formula is C18H29NO3SSi. The summed E-state index contributed by atoms with van der Waals surface area (Å²) in [5.41, 5.74) is 0.868. The van der Waals surface area contributed by atoms with Gasteiger partial charge in [-0.25, -0.2) is 12.7 Å². The van der Waals surface area contributed by atoms with Crippen molar-refractivity contribution in [3.05, 3.63) is 29.8 Å². The molecule has 1 amide bonds. The molecule has 0 aliphatic carbocycles. The molecule has 134 valence electrons. The molecule has 1 unspecified atom stereocenters. The summed E-state index contributed by atoms with van der Waals surface area (Å²) in [7, 11) is -5.61. The fourth-order valence-corrected chi connectivity index (χ4v) is 8.42. The van der Waals surface area contributed by atoms with E-state index < -0.39 is 18.1 Å². The van der Waals surface area contributed by atoms with E-state index in [1.165, 1.54) is 4.31 Å². The average Bonchev–Trinajstić information content (AvgIpc) is 2.79. The first-order valence-corrected chi connectivity index (χ1v) is 13.7. The Bertz CT molecular complexity index is 707. The molecule has 1 aromatic carbocycles. The van der Waals surface area contributed by atoms with Crippen LogP contribution in [-0.4, -0.2) is 32.7 Å². The van der Waals surface area contributed by atoms with Crippen LogP contribution in [0.3, 0.4) is 0 Å². The Labute approximate surface area is 147 Å². The zero-order chi connectivity index (χ0) is 18.3. The number of hydrogen-bond acceptors (Lipinski definition) is 3. The smallest absolute Gasteiger partial charge is 0.266 e. The van der Waals surface area contributed by atoms with Gasteiger partial charge in [0.15, 0.2) is 0 Å². The highest BCUT2D eigenvalue weighted by molar-refractivity contribution is 7.89. The SMILES string of the molecule is CC[C@@H]1C([Si](C)(C)C)C(=O)N(S(=O)(=O)c2ccc(C)cc2)[C@@H]1CC. The van der Waals surface area contributed by atoms with E-state index in [2.05, 4.69) is 26.6 Å². The molecule has 0 saturated carbocycles. The first-order valence-electron chi connectivity index (χ1n) is 8.70. The molecule has 3 atom stereocenters. The average molecular weight is 368 g/mol. The number of benzene rings is 1. The molecule has 0 aromatic heterocycles. The lowest BCUT2D eigenvalue weighted by Crippen LogP contribution is -2.41. The van der Waals surface area contributed by atoms with E-state index in [-0.39, 0.29) is 28.3 Å². The number of aryl methyl sites for hydroxylation is 1. The van der Waals surface area contributed by atoms with Gasteiger partial charge in [-0.15, -0.1) is 0 Å². The Hall–Kier alpha value is -1.14. The van der Waals surface area contributed by atoms with E-state index in [0.29, 0.717) is 6.42 Å². The second kappa shape index (κ2) is 6.63. The first-order chi connectivity index (χ1) is 11.1. The first kappa shape index (κ1) is 19.2. The second-order valence-electron chi connectivity index (χ2n) is 7.84. The van der Waals surface area contributed by atoms with Gasteiger partial charge in [0.25, 0.3) is 10.0 Å². The normalized spacial score (nSPS) is 25.3. The Morgan fingerprint density at radius 2 is 1.58 bits per heavy atom. The van der Waals surface area contributed by atoms with Crippen molar-refractivity contribution in [2.75, 3.05) is 0 Å². The van der Waals surface area contributed by atoms with Crippen molar-refractivity contribution < 1.29 is 13.2 Å². The summed E-state index contributed by atoms with van der Waals surface area (Å²) in [6.45, 7) is 12.4. The maximum atomic E-state index is 13.2. The van der Waals surface area contributed by atoms with Crippen LogP contribution < -0.4 is 0 Å². The molecule has 0 spiro atoms. The molecule has 6 heteroatoms. The molecule has 1 fully saturated rings. The number of sulfonamides is 1. The largest absolute Gasteiger partial charge is 0.274 e. The second-order valence-corrected chi connectivity index (χ2v) is 15.0. The maximum Gasteiger partial charge on any atom is 0.266 e. The molecule has 1 aliphatic rings. The van der Waals surface area contributed by atoms with Crippen LogP contribution in [0.4, 0.5) is 0 Å². The quantitative estimate of drug-likeness (QED) is 0.738. The van der Waals surface area contributed by atoms with Crippen molar-refractivity contribution in [3.8, 4) is 0 Å². The molecule has 0 bridgehead atoms. The van der Waals surface area contributed by atoms with Crippen molar-refractivity contribution in [2.45, 2.75) is 69.7 Å². The maximum absolute atomic E-state index is 13.2.